The zero-order valence-electron chi connectivity index (χ0n) is 20.2. The lowest BCUT2D eigenvalue weighted by atomic mass is 10.0. The highest BCUT2D eigenvalue weighted by Crippen LogP contribution is 2.42. The van der Waals surface area contributed by atoms with Gasteiger partial charge in [-0.1, -0.05) is 59.2 Å². The molecule has 37 heavy (non-hydrogen) atoms. The van der Waals surface area contributed by atoms with Gasteiger partial charge in [0, 0.05) is 50.4 Å². The molecule has 1 aliphatic rings. The van der Waals surface area contributed by atoms with Gasteiger partial charge in [0.05, 0.1) is 16.4 Å². The molecule has 1 aromatic heterocycles. The minimum atomic E-state index is -0.134. The topological polar surface area (TPSA) is 54.4 Å². The van der Waals surface area contributed by atoms with Crippen molar-refractivity contribution in [3.05, 3.63) is 130 Å². The normalized spacial score (nSPS) is 11.6. The summed E-state index contributed by atoms with van der Waals surface area (Å²) in [5.41, 5.74) is 4.93. The molecule has 2 heterocycles. The first-order valence-electron chi connectivity index (χ1n) is 11.7. The third-order valence-corrected chi connectivity index (χ3v) is 7.14. The molecular weight excluding hydrogens is 521 g/mol. The summed E-state index contributed by atoms with van der Waals surface area (Å²) in [6.45, 7) is 5.79. The second-order valence-electron chi connectivity index (χ2n) is 8.13. The van der Waals surface area contributed by atoms with Crippen LogP contribution in [0.3, 0.4) is 0 Å². The maximum absolute atomic E-state index is 12.9. The molecule has 5 rings (SSSR count). The summed E-state index contributed by atoms with van der Waals surface area (Å²) in [6, 6.07) is 23.0. The number of hydrogen-bond donors (Lipinski definition) is 1. The molecule has 0 spiro atoms. The van der Waals surface area contributed by atoms with Crippen molar-refractivity contribution >= 4 is 52.3 Å². The second kappa shape index (κ2) is 12.7. The van der Waals surface area contributed by atoms with Crippen molar-refractivity contribution in [2.75, 3.05) is 6.54 Å². The van der Waals surface area contributed by atoms with Crippen molar-refractivity contribution in [3.63, 3.8) is 0 Å². The number of aliphatic imine (C=N–C) groups is 1. The summed E-state index contributed by atoms with van der Waals surface area (Å²) >= 11 is 14.3. The third-order valence-electron chi connectivity index (χ3n) is 5.45. The van der Waals surface area contributed by atoms with Gasteiger partial charge < -0.3 is 5.32 Å². The van der Waals surface area contributed by atoms with Crippen LogP contribution in [0.1, 0.15) is 34.0 Å². The SMILES string of the molecule is C=CC.O=C(NCCc1ccncc1)c1ccc2c(c1)N=C(c1ccc(Cl)cc1Cl)c1ccccc1S2. The average Bonchev–Trinajstić information content (AvgIpc) is 3.06. The van der Waals surface area contributed by atoms with Crippen molar-refractivity contribution in [2.24, 2.45) is 4.99 Å². The van der Waals surface area contributed by atoms with Crippen LogP contribution in [0.25, 0.3) is 0 Å². The molecule has 1 amide bonds. The van der Waals surface area contributed by atoms with Crippen molar-refractivity contribution in [1.29, 1.82) is 0 Å². The van der Waals surface area contributed by atoms with Crippen LogP contribution < -0.4 is 5.32 Å². The molecule has 0 unspecified atom stereocenters. The van der Waals surface area contributed by atoms with Crippen molar-refractivity contribution in [2.45, 2.75) is 23.1 Å². The van der Waals surface area contributed by atoms with E-state index in [1.807, 2.05) is 61.5 Å². The van der Waals surface area contributed by atoms with E-state index in [2.05, 4.69) is 22.9 Å². The lowest BCUT2D eigenvalue weighted by Crippen LogP contribution is -2.25. The Kier molecular flexibility index (Phi) is 9.18. The maximum Gasteiger partial charge on any atom is 0.251 e. The molecule has 0 radical (unpaired) electrons. The smallest absolute Gasteiger partial charge is 0.251 e. The summed E-state index contributed by atoms with van der Waals surface area (Å²) in [5, 5.41) is 4.09. The van der Waals surface area contributed by atoms with E-state index in [9.17, 15) is 4.79 Å². The lowest BCUT2D eigenvalue weighted by Gasteiger charge is -2.11. The first kappa shape index (κ1) is 26.7. The van der Waals surface area contributed by atoms with E-state index < -0.39 is 0 Å². The third kappa shape index (κ3) is 6.69. The summed E-state index contributed by atoms with van der Waals surface area (Å²) in [5.74, 6) is -0.134. The predicted octanol–water partition coefficient (Wildman–Crippen LogP) is 8.19. The molecule has 0 aliphatic carbocycles. The summed E-state index contributed by atoms with van der Waals surface area (Å²) in [6.07, 6.45) is 5.99. The molecule has 186 valence electrons. The Labute approximate surface area is 231 Å². The molecule has 4 aromatic rings. The first-order valence-corrected chi connectivity index (χ1v) is 13.3. The fraction of sp³-hybridized carbons (Fsp3) is 0.100. The van der Waals surface area contributed by atoms with Gasteiger partial charge in [0.1, 0.15) is 0 Å². The van der Waals surface area contributed by atoms with E-state index in [0.717, 1.165) is 44.3 Å². The van der Waals surface area contributed by atoms with Crippen LogP contribution in [0.4, 0.5) is 5.69 Å². The zero-order valence-corrected chi connectivity index (χ0v) is 22.6. The number of halogens is 2. The molecular formula is C30H25Cl2N3OS. The van der Waals surface area contributed by atoms with Crippen LogP contribution in [0.5, 0.6) is 0 Å². The summed E-state index contributed by atoms with van der Waals surface area (Å²) in [4.78, 5) is 23.9. The van der Waals surface area contributed by atoms with Crippen molar-refractivity contribution in [3.8, 4) is 0 Å². The van der Waals surface area contributed by atoms with E-state index >= 15 is 0 Å². The largest absolute Gasteiger partial charge is 0.352 e. The molecule has 0 fully saturated rings. The van der Waals surface area contributed by atoms with Crippen LogP contribution in [-0.2, 0) is 6.42 Å². The van der Waals surface area contributed by atoms with Crippen molar-refractivity contribution in [1.82, 2.24) is 10.3 Å². The molecule has 3 aromatic carbocycles. The second-order valence-corrected chi connectivity index (χ2v) is 10.1. The van der Waals surface area contributed by atoms with Crippen LogP contribution in [0.2, 0.25) is 10.0 Å². The Balaban J connectivity index is 0.00000102. The molecule has 7 heteroatoms. The first-order chi connectivity index (χ1) is 18.0. The van der Waals surface area contributed by atoms with Gasteiger partial charge in [-0.2, -0.15) is 0 Å². The number of benzene rings is 3. The van der Waals surface area contributed by atoms with Gasteiger partial charge in [0.15, 0.2) is 0 Å². The van der Waals surface area contributed by atoms with E-state index in [1.54, 1.807) is 42.4 Å². The number of aromatic nitrogens is 1. The van der Waals surface area contributed by atoms with Gasteiger partial charge >= 0.3 is 0 Å². The number of rotatable bonds is 5. The number of fused-ring (bicyclic) bond motifs is 2. The van der Waals surface area contributed by atoms with Crippen molar-refractivity contribution < 1.29 is 4.79 Å². The highest BCUT2D eigenvalue weighted by molar-refractivity contribution is 7.99. The molecule has 0 saturated carbocycles. The highest BCUT2D eigenvalue weighted by Gasteiger charge is 2.21. The zero-order chi connectivity index (χ0) is 26.2. The van der Waals surface area contributed by atoms with Gasteiger partial charge in [-0.05, 0) is 73.5 Å². The monoisotopic (exact) mass is 545 g/mol. The molecule has 0 saturated heterocycles. The number of allylic oxidation sites excluding steroid dienone is 1. The standard InChI is InChI=1S/C27H19Cl2N3OS.C3H6/c28-19-6-7-20(22(29)16-19)26-21-3-1-2-4-24(21)34-25-8-5-18(15-23(25)32-26)27(33)31-14-11-17-9-12-30-13-10-17;1-3-2/h1-10,12-13,15-16H,11,14H2,(H,31,33);3H,1H2,2H3. The van der Waals surface area contributed by atoms with Crippen LogP contribution in [0.15, 0.2) is 113 Å². The number of carbonyl (C=O) groups excluding carboxylic acids is 1. The predicted molar refractivity (Wildman–Crippen MR) is 155 cm³/mol. The molecule has 1 N–H and O–H groups in total. The summed E-state index contributed by atoms with van der Waals surface area (Å²) in [7, 11) is 0. The van der Waals surface area contributed by atoms with Crippen LogP contribution in [-0.4, -0.2) is 23.1 Å². The van der Waals surface area contributed by atoms with E-state index in [1.165, 1.54) is 0 Å². The number of carbonyl (C=O) groups is 1. The quantitative estimate of drug-likeness (QED) is 0.226. The van der Waals surface area contributed by atoms with Gasteiger partial charge in [-0.25, -0.2) is 4.99 Å². The average molecular weight is 547 g/mol. The van der Waals surface area contributed by atoms with Crippen LogP contribution >= 0.6 is 35.0 Å². The summed E-state index contributed by atoms with van der Waals surface area (Å²) < 4.78 is 0. The number of nitrogens with one attached hydrogen (secondary N) is 1. The lowest BCUT2D eigenvalue weighted by molar-refractivity contribution is 0.0954. The van der Waals surface area contributed by atoms with Gasteiger partial charge in [0.2, 0.25) is 0 Å². The fourth-order valence-electron chi connectivity index (χ4n) is 3.74. The van der Waals surface area contributed by atoms with E-state index in [0.29, 0.717) is 22.2 Å². The Morgan fingerprint density at radius 1 is 0.973 bits per heavy atom. The molecule has 4 nitrogen and oxygen atoms in total. The van der Waals surface area contributed by atoms with Gasteiger partial charge in [-0.3, -0.25) is 9.78 Å². The minimum Gasteiger partial charge on any atom is -0.352 e. The maximum atomic E-state index is 12.9. The molecule has 0 atom stereocenters. The Morgan fingerprint density at radius 3 is 2.49 bits per heavy atom. The molecule has 1 aliphatic heterocycles. The van der Waals surface area contributed by atoms with Gasteiger partial charge in [0.25, 0.3) is 5.91 Å². The van der Waals surface area contributed by atoms with E-state index in [-0.39, 0.29) is 5.91 Å². The Bertz CT molecular complexity index is 1450. The molecule has 0 bridgehead atoms. The fourth-order valence-corrected chi connectivity index (χ4v) is 5.24. The number of pyridine rings is 1. The Hall–Kier alpha value is -3.38. The van der Waals surface area contributed by atoms with Gasteiger partial charge in [-0.15, -0.1) is 6.58 Å². The van der Waals surface area contributed by atoms with E-state index in [4.69, 9.17) is 28.2 Å². The number of hydrogen-bond acceptors (Lipinski definition) is 4. The number of amides is 1. The minimum absolute atomic E-state index is 0.134. The highest BCUT2D eigenvalue weighted by atomic mass is 35.5. The number of nitrogens with zero attached hydrogens (tertiary/aromatic N) is 2. The Morgan fingerprint density at radius 2 is 1.73 bits per heavy atom. The van der Waals surface area contributed by atoms with Crippen LogP contribution in [0, 0.1) is 0 Å².